The molecule has 54 valence electrons. The highest BCUT2D eigenvalue weighted by atomic mass is 35.5. The molecule has 0 aliphatic rings. The third-order valence-electron chi connectivity index (χ3n) is 0.949. The van der Waals surface area contributed by atoms with Gasteiger partial charge in [0.2, 0.25) is 11.2 Å². The molecule has 1 aromatic rings. The van der Waals surface area contributed by atoms with Crippen molar-refractivity contribution in [3.05, 3.63) is 21.9 Å². The maximum Gasteiger partial charge on any atom is 0.236 e. The second-order valence-electron chi connectivity index (χ2n) is 1.68. The van der Waals surface area contributed by atoms with Crippen LogP contribution >= 0.6 is 23.2 Å². The Balaban J connectivity index is 3.31. The van der Waals surface area contributed by atoms with E-state index in [0.29, 0.717) is 5.69 Å². The number of hydrogen-bond donors (Lipinski definition) is 0. The number of aryl methyl sites for hydroxylation is 1. The van der Waals surface area contributed by atoms with E-state index < -0.39 is 5.95 Å². The number of rotatable bonds is 0. The molecular formula is C5H3Cl2FN2. The molecule has 1 heterocycles. The van der Waals surface area contributed by atoms with Crippen molar-refractivity contribution in [3.8, 4) is 0 Å². The average molecular weight is 181 g/mol. The number of hydrogen-bond acceptors (Lipinski definition) is 2. The first-order valence-electron chi connectivity index (χ1n) is 2.46. The highest BCUT2D eigenvalue weighted by Gasteiger charge is 2.06. The van der Waals surface area contributed by atoms with Gasteiger partial charge in [-0.25, -0.2) is 4.98 Å². The normalized spacial score (nSPS) is 10.0. The van der Waals surface area contributed by atoms with E-state index >= 15 is 0 Å². The van der Waals surface area contributed by atoms with Gasteiger partial charge in [-0.05, 0) is 18.5 Å². The Hall–Kier alpha value is -0.410. The molecule has 0 spiro atoms. The second-order valence-corrected chi connectivity index (χ2v) is 2.40. The van der Waals surface area contributed by atoms with Crippen molar-refractivity contribution >= 4 is 23.2 Å². The summed E-state index contributed by atoms with van der Waals surface area (Å²) in [5, 5.41) is -0.205. The summed E-state index contributed by atoms with van der Waals surface area (Å²) in [4.78, 5) is 6.81. The molecular weight excluding hydrogens is 178 g/mol. The maximum absolute atomic E-state index is 12.5. The SMILES string of the molecule is Cc1nc(Cl)nc(F)c1Cl. The van der Waals surface area contributed by atoms with Crippen LogP contribution in [0.2, 0.25) is 10.3 Å². The predicted molar refractivity (Wildman–Crippen MR) is 36.7 cm³/mol. The largest absolute Gasteiger partial charge is 0.236 e. The summed E-state index contributed by atoms with van der Waals surface area (Å²) < 4.78 is 12.5. The van der Waals surface area contributed by atoms with Crippen LogP contribution in [0.25, 0.3) is 0 Å². The first kappa shape index (κ1) is 7.69. The van der Waals surface area contributed by atoms with E-state index in [1.54, 1.807) is 6.92 Å². The second kappa shape index (κ2) is 2.68. The Labute approximate surface area is 67.0 Å². The minimum absolute atomic E-state index is 0.0793. The van der Waals surface area contributed by atoms with Crippen LogP contribution in [0.1, 0.15) is 5.69 Å². The van der Waals surface area contributed by atoms with Crippen LogP contribution in [0, 0.1) is 12.9 Å². The smallest absolute Gasteiger partial charge is 0.222 e. The van der Waals surface area contributed by atoms with E-state index in [9.17, 15) is 4.39 Å². The lowest BCUT2D eigenvalue weighted by atomic mass is 10.4. The zero-order chi connectivity index (χ0) is 7.72. The average Bonchev–Trinajstić information content (AvgIpc) is 1.82. The lowest BCUT2D eigenvalue weighted by Gasteiger charge is -1.96. The van der Waals surface area contributed by atoms with E-state index in [0.717, 1.165) is 0 Å². The van der Waals surface area contributed by atoms with Crippen molar-refractivity contribution < 1.29 is 4.39 Å². The number of nitrogens with zero attached hydrogens (tertiary/aromatic N) is 2. The Bertz CT molecular complexity index is 241. The van der Waals surface area contributed by atoms with Gasteiger partial charge in [-0.2, -0.15) is 9.37 Å². The zero-order valence-electron chi connectivity index (χ0n) is 5.03. The fraction of sp³-hybridized carbons (Fsp3) is 0.200. The van der Waals surface area contributed by atoms with Gasteiger partial charge < -0.3 is 0 Å². The van der Waals surface area contributed by atoms with E-state index in [1.807, 2.05) is 0 Å². The Morgan fingerprint density at radius 1 is 1.30 bits per heavy atom. The topological polar surface area (TPSA) is 25.8 Å². The lowest BCUT2D eigenvalue weighted by molar-refractivity contribution is 0.578. The van der Waals surface area contributed by atoms with Gasteiger partial charge in [0.05, 0.1) is 5.69 Å². The third kappa shape index (κ3) is 1.36. The summed E-state index contributed by atoms with van der Waals surface area (Å²) in [6, 6.07) is 0. The Kier molecular flexibility index (Phi) is 2.06. The van der Waals surface area contributed by atoms with Gasteiger partial charge in [0.1, 0.15) is 5.02 Å². The summed E-state index contributed by atoms with van der Waals surface area (Å²) in [5.41, 5.74) is 0.346. The van der Waals surface area contributed by atoms with E-state index in [-0.39, 0.29) is 10.3 Å². The van der Waals surface area contributed by atoms with Crippen LogP contribution in [-0.4, -0.2) is 9.97 Å². The van der Waals surface area contributed by atoms with Gasteiger partial charge in [0.15, 0.2) is 0 Å². The molecule has 10 heavy (non-hydrogen) atoms. The summed E-state index contributed by atoms with van der Waals surface area (Å²) in [7, 11) is 0. The standard InChI is InChI=1S/C5H3Cl2FN2/c1-2-3(6)4(8)10-5(7)9-2/h1H3. The summed E-state index contributed by atoms with van der Waals surface area (Å²) >= 11 is 10.7. The summed E-state index contributed by atoms with van der Waals surface area (Å²) in [6.45, 7) is 1.55. The van der Waals surface area contributed by atoms with Gasteiger partial charge in [0.25, 0.3) is 0 Å². The zero-order valence-corrected chi connectivity index (χ0v) is 6.54. The third-order valence-corrected chi connectivity index (χ3v) is 1.55. The lowest BCUT2D eigenvalue weighted by Crippen LogP contribution is -1.92. The first-order chi connectivity index (χ1) is 4.61. The van der Waals surface area contributed by atoms with E-state index in [4.69, 9.17) is 23.2 Å². The molecule has 1 aromatic heterocycles. The van der Waals surface area contributed by atoms with Crippen molar-refractivity contribution in [1.82, 2.24) is 9.97 Å². The molecule has 5 heteroatoms. The van der Waals surface area contributed by atoms with Gasteiger partial charge in [-0.15, -0.1) is 0 Å². The molecule has 0 aliphatic carbocycles. The summed E-state index contributed by atoms with van der Waals surface area (Å²) in [5.74, 6) is -0.779. The molecule has 0 radical (unpaired) electrons. The highest BCUT2D eigenvalue weighted by molar-refractivity contribution is 6.32. The van der Waals surface area contributed by atoms with Crippen LogP contribution in [-0.2, 0) is 0 Å². The minimum Gasteiger partial charge on any atom is -0.222 e. The Morgan fingerprint density at radius 3 is 2.40 bits per heavy atom. The van der Waals surface area contributed by atoms with Crippen molar-refractivity contribution in [2.75, 3.05) is 0 Å². The first-order valence-corrected chi connectivity index (χ1v) is 3.22. The van der Waals surface area contributed by atoms with Crippen LogP contribution in [0.5, 0.6) is 0 Å². The van der Waals surface area contributed by atoms with Crippen LogP contribution in [0.3, 0.4) is 0 Å². The molecule has 0 fully saturated rings. The van der Waals surface area contributed by atoms with E-state index in [2.05, 4.69) is 9.97 Å². The van der Waals surface area contributed by atoms with Crippen molar-refractivity contribution in [1.29, 1.82) is 0 Å². The highest BCUT2D eigenvalue weighted by Crippen LogP contribution is 2.16. The van der Waals surface area contributed by atoms with Gasteiger partial charge in [-0.3, -0.25) is 0 Å². The van der Waals surface area contributed by atoms with Crippen molar-refractivity contribution in [2.45, 2.75) is 6.92 Å². The quantitative estimate of drug-likeness (QED) is 0.453. The van der Waals surface area contributed by atoms with Crippen LogP contribution in [0.4, 0.5) is 4.39 Å². The van der Waals surface area contributed by atoms with E-state index in [1.165, 1.54) is 0 Å². The molecule has 0 N–H and O–H groups in total. The molecule has 1 rings (SSSR count). The van der Waals surface area contributed by atoms with Crippen molar-refractivity contribution in [2.24, 2.45) is 0 Å². The number of aromatic nitrogens is 2. The predicted octanol–water partition coefficient (Wildman–Crippen LogP) is 2.23. The van der Waals surface area contributed by atoms with Crippen LogP contribution in [0.15, 0.2) is 0 Å². The maximum atomic E-state index is 12.5. The van der Waals surface area contributed by atoms with Crippen molar-refractivity contribution in [3.63, 3.8) is 0 Å². The monoisotopic (exact) mass is 180 g/mol. The molecule has 0 amide bonds. The molecule has 0 aliphatic heterocycles. The molecule has 0 unspecified atom stereocenters. The van der Waals surface area contributed by atoms with Crippen LogP contribution < -0.4 is 0 Å². The molecule has 0 atom stereocenters. The summed E-state index contributed by atoms with van der Waals surface area (Å²) in [6.07, 6.45) is 0. The number of halogens is 3. The van der Waals surface area contributed by atoms with Gasteiger partial charge in [-0.1, -0.05) is 11.6 Å². The molecule has 2 nitrogen and oxygen atoms in total. The Morgan fingerprint density at radius 2 is 1.90 bits per heavy atom. The fourth-order valence-corrected chi connectivity index (χ4v) is 0.777. The fourth-order valence-electron chi connectivity index (χ4n) is 0.492. The minimum atomic E-state index is -0.779. The van der Waals surface area contributed by atoms with Gasteiger partial charge in [0, 0.05) is 0 Å². The molecule has 0 bridgehead atoms. The van der Waals surface area contributed by atoms with Gasteiger partial charge >= 0.3 is 0 Å². The molecule has 0 aromatic carbocycles. The molecule has 0 saturated heterocycles. The molecule has 0 saturated carbocycles.